The molecule has 27 heavy (non-hydrogen) atoms. The summed E-state index contributed by atoms with van der Waals surface area (Å²) in [7, 11) is 1.96. The smallest absolute Gasteiger partial charge is 0.343 e. The molecule has 0 N–H and O–H groups in total. The van der Waals surface area contributed by atoms with Gasteiger partial charge in [0.05, 0.1) is 5.56 Å². The van der Waals surface area contributed by atoms with Gasteiger partial charge in [0.2, 0.25) is 5.69 Å². The van der Waals surface area contributed by atoms with Crippen LogP contribution in [0.2, 0.25) is 0 Å². The van der Waals surface area contributed by atoms with Crippen LogP contribution >= 0.6 is 0 Å². The molecule has 0 fully saturated rings. The van der Waals surface area contributed by atoms with Gasteiger partial charge in [0.25, 0.3) is 0 Å². The molecule has 2 heterocycles. The largest absolute Gasteiger partial charge is 1.00 e. The third-order valence-corrected chi connectivity index (χ3v) is 4.23. The van der Waals surface area contributed by atoms with Gasteiger partial charge < -0.3 is 21.4 Å². The van der Waals surface area contributed by atoms with Crippen LogP contribution in [0.5, 0.6) is 0 Å². The van der Waals surface area contributed by atoms with E-state index in [2.05, 4.69) is 11.8 Å². The number of pyridine rings is 1. The van der Waals surface area contributed by atoms with Crippen LogP contribution in [0.4, 0.5) is 0 Å². The second-order valence-corrected chi connectivity index (χ2v) is 6.02. The average Bonchev–Trinajstić information content (AvgIpc) is 2.61. The molecule has 3 nitrogen and oxygen atoms in total. The third-order valence-electron chi connectivity index (χ3n) is 4.23. The van der Waals surface area contributed by atoms with Crippen molar-refractivity contribution in [3.63, 3.8) is 0 Å². The normalized spacial score (nSPS) is 14.4. The van der Waals surface area contributed by atoms with Gasteiger partial charge in [-0.2, -0.15) is 0 Å². The number of halogens is 1. The molecule has 0 unspecified atom stereocenters. The van der Waals surface area contributed by atoms with Gasteiger partial charge in [-0.15, -0.1) is 0 Å². The van der Waals surface area contributed by atoms with Crippen molar-refractivity contribution in [1.29, 1.82) is 0 Å². The minimum atomic E-state index is -0.360. The van der Waals surface area contributed by atoms with Crippen molar-refractivity contribution in [3.05, 3.63) is 93.6 Å². The van der Waals surface area contributed by atoms with Crippen molar-refractivity contribution in [2.45, 2.75) is 0 Å². The number of hydrogen-bond donors (Lipinski definition) is 0. The fourth-order valence-electron chi connectivity index (χ4n) is 2.83. The summed E-state index contributed by atoms with van der Waals surface area (Å²) in [6.07, 6.45) is 13.3. The Hall–Kier alpha value is -3.16. The van der Waals surface area contributed by atoms with E-state index in [0.717, 1.165) is 22.2 Å². The quantitative estimate of drug-likeness (QED) is 0.350. The third kappa shape index (κ3) is 3.99. The summed E-state index contributed by atoms with van der Waals surface area (Å²) in [6.45, 7) is 0. The zero-order chi connectivity index (χ0) is 17.9. The molecule has 0 saturated carbocycles. The van der Waals surface area contributed by atoms with E-state index in [0.29, 0.717) is 11.1 Å². The standard InChI is InChI=1S/C23H16NO2.BrH/c1-24-13-7-6-10-21(24)12-11-19-15-20-14-17-8-4-2-3-5-9-18(17)16-22(20)26-23(19)25;/h2-4,6-8,10-16H,1H3;1H/q+1;/p-1/b3-2-,4-2?,8-4-,12-11+,17-8?;. The van der Waals surface area contributed by atoms with Crippen molar-refractivity contribution in [2.24, 2.45) is 7.05 Å². The fourth-order valence-corrected chi connectivity index (χ4v) is 2.83. The van der Waals surface area contributed by atoms with E-state index in [4.69, 9.17) is 4.42 Å². The molecule has 1 aliphatic carbocycles. The minimum Gasteiger partial charge on any atom is -1.00 e. The molecule has 3 aromatic rings. The Labute approximate surface area is 167 Å². The van der Waals surface area contributed by atoms with E-state index in [9.17, 15) is 4.79 Å². The number of rotatable bonds is 2. The predicted molar refractivity (Wildman–Crippen MR) is 104 cm³/mol. The maximum atomic E-state index is 12.3. The Morgan fingerprint density at radius 2 is 2.00 bits per heavy atom. The molecule has 0 aliphatic heterocycles. The first-order valence-electron chi connectivity index (χ1n) is 8.30. The molecule has 0 radical (unpaired) electrons. The summed E-state index contributed by atoms with van der Waals surface area (Å²) >= 11 is 0. The minimum absolute atomic E-state index is 0. The lowest BCUT2D eigenvalue weighted by atomic mass is 10.0. The van der Waals surface area contributed by atoms with E-state index >= 15 is 0 Å². The van der Waals surface area contributed by atoms with Gasteiger partial charge in [0.1, 0.15) is 12.6 Å². The van der Waals surface area contributed by atoms with Crippen LogP contribution in [-0.4, -0.2) is 0 Å². The van der Waals surface area contributed by atoms with Crippen LogP contribution in [0.25, 0.3) is 29.2 Å². The van der Waals surface area contributed by atoms with Gasteiger partial charge in [0.15, 0.2) is 6.20 Å². The zero-order valence-electron chi connectivity index (χ0n) is 14.6. The average molecular weight is 418 g/mol. The van der Waals surface area contributed by atoms with Crippen LogP contribution in [0, 0.1) is 11.8 Å². The molecule has 1 aliphatic rings. The summed E-state index contributed by atoms with van der Waals surface area (Å²) in [5.74, 6) is 6.04. The molecule has 132 valence electrons. The van der Waals surface area contributed by atoms with E-state index in [1.54, 1.807) is 12.2 Å². The topological polar surface area (TPSA) is 34.1 Å². The first kappa shape index (κ1) is 18.6. The Balaban J connectivity index is 0.00000210. The molecule has 1 aromatic carbocycles. The number of benzene rings is 1. The van der Waals surface area contributed by atoms with Gasteiger partial charge in [0, 0.05) is 29.2 Å². The number of aromatic nitrogens is 1. The molecule has 0 bridgehead atoms. The molecular formula is C23H16BrNO2. The van der Waals surface area contributed by atoms with Gasteiger partial charge in [-0.3, -0.25) is 0 Å². The Bertz CT molecular complexity index is 1220. The van der Waals surface area contributed by atoms with Gasteiger partial charge in [-0.05, 0) is 42.0 Å². The first-order chi connectivity index (χ1) is 12.7. The lowest BCUT2D eigenvalue weighted by Crippen LogP contribution is -3.00. The highest BCUT2D eigenvalue weighted by atomic mass is 79.9. The van der Waals surface area contributed by atoms with E-state index < -0.39 is 0 Å². The number of nitrogens with zero attached hydrogens (tertiary/aromatic N) is 1. The second kappa shape index (κ2) is 8.03. The maximum Gasteiger partial charge on any atom is 0.343 e. The monoisotopic (exact) mass is 417 g/mol. The van der Waals surface area contributed by atoms with Crippen LogP contribution < -0.4 is 27.2 Å². The Morgan fingerprint density at radius 1 is 1.11 bits per heavy atom. The fraction of sp³-hybridized carbons (Fsp3) is 0.0435. The van der Waals surface area contributed by atoms with Crippen molar-refractivity contribution in [3.8, 4) is 11.8 Å². The Morgan fingerprint density at radius 3 is 2.85 bits per heavy atom. The van der Waals surface area contributed by atoms with Crippen LogP contribution in [0.3, 0.4) is 0 Å². The predicted octanol–water partition coefficient (Wildman–Crippen LogP) is 0.726. The van der Waals surface area contributed by atoms with Gasteiger partial charge in [-0.25, -0.2) is 9.36 Å². The van der Waals surface area contributed by atoms with E-state index in [1.165, 1.54) is 0 Å². The van der Waals surface area contributed by atoms with Crippen molar-refractivity contribution in [2.75, 3.05) is 0 Å². The molecule has 0 saturated heterocycles. The highest BCUT2D eigenvalue weighted by molar-refractivity contribution is 5.85. The van der Waals surface area contributed by atoms with Crippen molar-refractivity contribution in [1.82, 2.24) is 0 Å². The molecule has 0 spiro atoms. The lowest BCUT2D eigenvalue weighted by molar-refractivity contribution is -0.673. The highest BCUT2D eigenvalue weighted by Gasteiger charge is 2.08. The second-order valence-electron chi connectivity index (χ2n) is 6.02. The number of hydrogen-bond acceptors (Lipinski definition) is 2. The highest BCUT2D eigenvalue weighted by Crippen LogP contribution is 2.22. The van der Waals surface area contributed by atoms with Crippen LogP contribution in [-0.2, 0) is 7.05 Å². The lowest BCUT2D eigenvalue weighted by Gasteiger charge is -2.04. The number of aryl methyl sites for hydroxylation is 1. The maximum absolute atomic E-state index is 12.3. The van der Waals surface area contributed by atoms with Crippen LogP contribution in [0.1, 0.15) is 22.4 Å². The number of allylic oxidation sites excluding steroid dienone is 3. The van der Waals surface area contributed by atoms with Crippen molar-refractivity contribution < 1.29 is 26.0 Å². The molecule has 2 aromatic heterocycles. The Kier molecular flexibility index (Phi) is 5.54. The summed E-state index contributed by atoms with van der Waals surface area (Å²) < 4.78 is 7.51. The van der Waals surface area contributed by atoms with Crippen LogP contribution in [0.15, 0.2) is 70.0 Å². The summed E-state index contributed by atoms with van der Waals surface area (Å²) in [6, 6.07) is 11.6. The molecule has 0 atom stereocenters. The van der Waals surface area contributed by atoms with Gasteiger partial charge in [-0.1, -0.05) is 30.1 Å². The summed E-state index contributed by atoms with van der Waals surface area (Å²) in [5, 5.41) is 0.872. The molecule has 4 heteroatoms. The zero-order valence-corrected chi connectivity index (χ0v) is 16.2. The van der Waals surface area contributed by atoms with E-state index in [1.807, 2.05) is 78.5 Å². The SMILES string of the molecule is C[n+]1ccccc1/C=C/c1cc2cc3c(cc2oc1=O)C#C/C=C\C=C/3.[Br-]. The summed E-state index contributed by atoms with van der Waals surface area (Å²) in [5.41, 5.74) is 3.55. The van der Waals surface area contributed by atoms with E-state index in [-0.39, 0.29) is 22.6 Å². The molecule has 4 rings (SSSR count). The van der Waals surface area contributed by atoms with Gasteiger partial charge >= 0.3 is 5.63 Å². The van der Waals surface area contributed by atoms with Crippen molar-refractivity contribution >= 4 is 29.2 Å². The molecule has 0 amide bonds. The number of fused-ring (bicyclic) bond motifs is 2. The summed E-state index contributed by atoms with van der Waals surface area (Å²) in [4.78, 5) is 12.3. The first-order valence-corrected chi connectivity index (χ1v) is 8.30. The molecular weight excluding hydrogens is 402 g/mol.